The molecule has 1 unspecified atom stereocenters. The van der Waals surface area contributed by atoms with E-state index < -0.39 is 0 Å². The minimum Gasteiger partial charge on any atom is -0.461 e. The third kappa shape index (κ3) is 25.5. The van der Waals surface area contributed by atoms with Gasteiger partial charge >= 0.3 is 175 Å². The number of ketones is 4. The molecule has 7 rings (SSSR count). The average molecular weight is 1320 g/mol. The maximum absolute atomic E-state index is 12.1. The van der Waals surface area contributed by atoms with Gasteiger partial charge < -0.3 is 41.8 Å². The van der Waals surface area contributed by atoms with E-state index in [-0.39, 0.29) is 233 Å². The number of furan rings is 1. The van der Waals surface area contributed by atoms with Gasteiger partial charge in [0.15, 0.2) is 11.6 Å². The number of carbonyl (C=O) groups is 4. The Hall–Kier alpha value is 3.13. The van der Waals surface area contributed by atoms with E-state index in [1.165, 1.54) is 5.56 Å². The standard InChI is InChI=1S/C14H16BrNO2.C13H12BrNO.C8H6Br2O.C6H11NO.3CH3.ClH.3Rb/c1-16-7-6-13(17)11(9-16)8-14(18)10-2-4-12(15)5-3-10;14-11-3-1-9(2-4-11)13-7-10-8-15-6-5-12(10)16-13;9-5-8(11)6-1-3-7(10)4-2-6;1-7-4-2-6(8)3-5-7;;;;;;;/h2-5,11H,6-9H2,1H3;1-4,7,15H,5-6,8H2;1-4H,5H2;2-5H2,1H3;3*1H3;1H;;;/q;;;;3*-1;;3*+1. The smallest absolute Gasteiger partial charge is 0.461 e. The molecule has 4 heterocycles. The van der Waals surface area contributed by atoms with Crippen LogP contribution in [0, 0.1) is 28.2 Å². The van der Waals surface area contributed by atoms with E-state index in [0.29, 0.717) is 36.1 Å². The van der Waals surface area contributed by atoms with Crippen LogP contribution in [-0.2, 0) is 22.6 Å². The van der Waals surface area contributed by atoms with Crippen LogP contribution in [0.1, 0.15) is 57.7 Å². The molecule has 0 amide bonds. The van der Waals surface area contributed by atoms with Gasteiger partial charge in [-0.25, -0.2) is 0 Å². The van der Waals surface area contributed by atoms with Gasteiger partial charge in [-0.1, -0.05) is 100 Å². The summed E-state index contributed by atoms with van der Waals surface area (Å²) in [4.78, 5) is 49.8. The Morgan fingerprint density at radius 2 is 1.17 bits per heavy atom. The number of piperidine rings is 2. The van der Waals surface area contributed by atoms with E-state index in [0.717, 1.165) is 88.1 Å². The zero-order valence-electron chi connectivity index (χ0n) is 36.4. The molecule has 2 saturated heterocycles. The molecule has 3 aliphatic heterocycles. The molecule has 3 aromatic carbocycles. The molecule has 0 saturated carbocycles. The molecular weight excluding hydrogens is 1260 g/mol. The van der Waals surface area contributed by atoms with E-state index in [1.54, 1.807) is 24.3 Å². The molecule has 2 fully saturated rings. The van der Waals surface area contributed by atoms with Crippen LogP contribution < -0.4 is 180 Å². The number of alkyl halides is 1. The summed E-state index contributed by atoms with van der Waals surface area (Å²) in [5, 5.41) is 3.73. The van der Waals surface area contributed by atoms with Crippen molar-refractivity contribution in [1.29, 1.82) is 0 Å². The minimum atomic E-state index is -0.139. The van der Waals surface area contributed by atoms with Crippen molar-refractivity contribution in [3.8, 4) is 11.3 Å². The van der Waals surface area contributed by atoms with E-state index in [1.807, 2.05) is 50.5 Å². The number of fused-ring (bicyclic) bond motifs is 1. The fourth-order valence-electron chi connectivity index (χ4n) is 5.82. The Bertz CT molecular complexity index is 1800. The van der Waals surface area contributed by atoms with Crippen molar-refractivity contribution in [3.63, 3.8) is 0 Å². The summed E-state index contributed by atoms with van der Waals surface area (Å²) in [6.45, 7) is 5.36. The van der Waals surface area contributed by atoms with E-state index in [4.69, 9.17) is 4.42 Å². The molecule has 0 bridgehead atoms. The number of rotatable bonds is 6. The van der Waals surface area contributed by atoms with Gasteiger partial charge in [-0.3, -0.25) is 19.2 Å². The summed E-state index contributed by atoms with van der Waals surface area (Å²) in [6, 6.07) is 25.0. The number of benzene rings is 3. The first-order valence-electron chi connectivity index (χ1n) is 17.5. The maximum atomic E-state index is 12.1. The number of likely N-dealkylation sites (tertiary alicyclic amines) is 2. The number of hydrogen-bond donors (Lipinski definition) is 1. The number of hydrogen-bond acceptors (Lipinski definition) is 8. The zero-order chi connectivity index (χ0) is 38.3. The van der Waals surface area contributed by atoms with Gasteiger partial charge in [0.1, 0.15) is 23.1 Å². The summed E-state index contributed by atoms with van der Waals surface area (Å²) < 4.78 is 8.91. The summed E-state index contributed by atoms with van der Waals surface area (Å²) in [7, 11) is 4.04. The van der Waals surface area contributed by atoms with Gasteiger partial charge in [0.25, 0.3) is 0 Å². The molecule has 1 aromatic heterocycles. The van der Waals surface area contributed by atoms with Gasteiger partial charge in [-0.05, 0) is 56.6 Å². The Morgan fingerprint density at radius 3 is 1.63 bits per heavy atom. The molecule has 16 heteroatoms. The van der Waals surface area contributed by atoms with Crippen molar-refractivity contribution in [1.82, 2.24) is 15.1 Å². The van der Waals surface area contributed by atoms with Gasteiger partial charge in [0.2, 0.25) is 0 Å². The fourth-order valence-corrected chi connectivity index (χ4v) is 6.94. The van der Waals surface area contributed by atoms with Gasteiger partial charge in [0, 0.05) is 113 Å². The molecule has 8 nitrogen and oxygen atoms in total. The summed E-state index contributed by atoms with van der Waals surface area (Å²) in [5.41, 5.74) is 3.85. The van der Waals surface area contributed by atoms with Crippen molar-refractivity contribution >= 4 is 99.3 Å². The molecule has 314 valence electrons. The number of nitrogens with zero attached hydrogens (tertiary/aromatic N) is 2. The molecular formula is C44H55Br4ClN3O5Rb3. The van der Waals surface area contributed by atoms with Crippen LogP contribution >= 0.6 is 76.1 Å². The number of carbonyl (C=O) groups excluding carboxylic acids is 4. The predicted molar refractivity (Wildman–Crippen MR) is 251 cm³/mol. The van der Waals surface area contributed by atoms with Gasteiger partial charge in [-0.2, -0.15) is 0 Å². The maximum Gasteiger partial charge on any atom is 1.00 e. The topological polar surface area (TPSA) is 99.9 Å². The van der Waals surface area contributed by atoms with Crippen LogP contribution in [0.15, 0.2) is 96.7 Å². The van der Waals surface area contributed by atoms with Gasteiger partial charge in [-0.15, -0.1) is 12.4 Å². The molecule has 0 radical (unpaired) electrons. The second-order valence-electron chi connectivity index (χ2n) is 13.2. The molecule has 3 aliphatic rings. The van der Waals surface area contributed by atoms with E-state index in [2.05, 4.69) is 97.0 Å². The van der Waals surface area contributed by atoms with Crippen molar-refractivity contribution in [2.75, 3.05) is 52.1 Å². The number of Topliss-reactive ketones (excluding diaryl/α,β-unsaturated/α-hetero) is 4. The van der Waals surface area contributed by atoms with Crippen molar-refractivity contribution in [2.45, 2.75) is 38.6 Å². The van der Waals surface area contributed by atoms with Gasteiger partial charge in [0.05, 0.1) is 5.33 Å². The largest absolute Gasteiger partial charge is 1.00 e. The fraction of sp³-hybridized carbons (Fsp3) is 0.341. The molecule has 1 N–H and O–H groups in total. The zero-order valence-corrected chi connectivity index (χ0v) is 58.3. The molecule has 4 aromatic rings. The second-order valence-corrected chi connectivity index (χ2v) is 16.5. The predicted octanol–water partition coefficient (Wildman–Crippen LogP) is 1.99. The number of nitrogens with one attached hydrogen (secondary N) is 1. The molecule has 1 atom stereocenters. The Labute approximate surface area is 546 Å². The van der Waals surface area contributed by atoms with E-state index in [9.17, 15) is 19.2 Å². The van der Waals surface area contributed by atoms with Crippen LogP contribution in [0.3, 0.4) is 0 Å². The first-order valence-corrected chi connectivity index (χ1v) is 21.0. The van der Waals surface area contributed by atoms with Crippen LogP contribution in [-0.4, -0.2) is 85.1 Å². The van der Waals surface area contributed by atoms with Crippen molar-refractivity contribution in [2.24, 2.45) is 5.92 Å². The van der Waals surface area contributed by atoms with Crippen LogP contribution in [0.4, 0.5) is 0 Å². The first-order chi connectivity index (χ1) is 25.4. The Balaban J connectivity index is -0.000000347. The third-order valence-electron chi connectivity index (χ3n) is 9.03. The Kier molecular flexibility index (Phi) is 44.2. The van der Waals surface area contributed by atoms with Crippen LogP contribution in [0.5, 0.6) is 0 Å². The monoisotopic (exact) mass is 1310 g/mol. The first kappa shape index (κ1) is 69.7. The molecule has 0 spiro atoms. The third-order valence-corrected chi connectivity index (χ3v) is 11.1. The summed E-state index contributed by atoms with van der Waals surface area (Å²) in [6.07, 6.45) is 3.40. The minimum absolute atomic E-state index is 0. The van der Waals surface area contributed by atoms with Crippen LogP contribution in [0.25, 0.3) is 11.3 Å². The summed E-state index contributed by atoms with van der Waals surface area (Å²) in [5.74, 6) is 2.77. The molecule has 60 heavy (non-hydrogen) atoms. The average Bonchev–Trinajstić information content (AvgIpc) is 3.60. The normalized spacial score (nSPS) is 15.2. The van der Waals surface area contributed by atoms with E-state index >= 15 is 0 Å². The SMILES string of the molecule is Brc1ccc(-c2cc3c(o2)CCNC3)cc1.CN1CCC(=O)C(CC(=O)c2ccc(Br)cc2)C1.CN1CCC(=O)CC1.Cl.O=C(CBr)c1ccc(Br)cc1.[CH3-].[CH3-].[CH3-].[Rb+].[Rb+].[Rb+]. The van der Waals surface area contributed by atoms with Crippen LogP contribution in [0.2, 0.25) is 0 Å². The quantitative estimate of drug-likeness (QED) is 0.178. The number of halogens is 5. The summed E-state index contributed by atoms with van der Waals surface area (Å²) >= 11 is 13.2. The molecule has 0 aliphatic carbocycles. The Morgan fingerprint density at radius 1 is 0.700 bits per heavy atom. The van der Waals surface area contributed by atoms with Crippen molar-refractivity contribution in [3.05, 3.63) is 137 Å². The second kappa shape index (κ2) is 38.0. The van der Waals surface area contributed by atoms with Crippen molar-refractivity contribution < 1.29 is 198 Å².